The lowest BCUT2D eigenvalue weighted by molar-refractivity contribution is 0.228. The van der Waals surface area contributed by atoms with Gasteiger partial charge in [0.2, 0.25) is 10.0 Å². The van der Waals surface area contributed by atoms with Crippen molar-refractivity contribution in [1.82, 2.24) is 9.62 Å². The first kappa shape index (κ1) is 16.7. The third-order valence-corrected chi connectivity index (χ3v) is 6.87. The predicted octanol–water partition coefficient (Wildman–Crippen LogP) is 1.000. The number of nitrogens with one attached hydrogen (secondary N) is 1. The zero-order valence-corrected chi connectivity index (χ0v) is 14.4. The van der Waals surface area contributed by atoms with E-state index in [-0.39, 0.29) is 11.9 Å². The lowest BCUT2D eigenvalue weighted by Crippen LogP contribution is -2.46. The first-order chi connectivity index (χ1) is 9.90. The highest BCUT2D eigenvalue weighted by Gasteiger charge is 2.25. The lowest BCUT2D eigenvalue weighted by Gasteiger charge is -2.31. The zero-order chi connectivity index (χ0) is 15.5. The first-order valence-corrected chi connectivity index (χ1v) is 9.46. The van der Waals surface area contributed by atoms with E-state index in [1.807, 2.05) is 4.90 Å². The summed E-state index contributed by atoms with van der Waals surface area (Å²) in [4.78, 5) is 2.03. The van der Waals surface area contributed by atoms with Crippen molar-refractivity contribution in [2.45, 2.75) is 23.1 Å². The maximum Gasteiger partial charge on any atom is 0.250 e. The number of halogens is 1. The van der Waals surface area contributed by atoms with Gasteiger partial charge >= 0.3 is 0 Å². The Labute approximate surface area is 136 Å². The molecule has 0 amide bonds. The molecule has 1 aromatic heterocycles. The molecule has 0 unspecified atom stereocenters. The number of oxime groups is 1. The third kappa shape index (κ3) is 4.65. The summed E-state index contributed by atoms with van der Waals surface area (Å²) < 4.78 is 28.3. The van der Waals surface area contributed by atoms with Crippen molar-refractivity contribution in [3.8, 4) is 0 Å². The Hall–Kier alpha value is -0.680. The van der Waals surface area contributed by atoms with Crippen molar-refractivity contribution in [2.75, 3.05) is 19.6 Å². The van der Waals surface area contributed by atoms with E-state index in [2.05, 4.69) is 25.8 Å². The molecule has 1 aliphatic rings. The SMILES string of the molecule is NC(CN1CCC(NS(=O)(=O)c2ccc(Br)s2)CC1)=NO. The quantitative estimate of drug-likeness (QED) is 0.297. The van der Waals surface area contributed by atoms with E-state index >= 15 is 0 Å². The minimum atomic E-state index is -3.45. The van der Waals surface area contributed by atoms with Crippen LogP contribution in [0.15, 0.2) is 25.3 Å². The Balaban J connectivity index is 1.89. The molecule has 4 N–H and O–H groups in total. The van der Waals surface area contributed by atoms with Crippen LogP contribution in [0, 0.1) is 0 Å². The fourth-order valence-corrected chi connectivity index (χ4v) is 5.52. The zero-order valence-electron chi connectivity index (χ0n) is 11.2. The number of nitrogens with two attached hydrogens (primary N) is 1. The van der Waals surface area contributed by atoms with Gasteiger partial charge in [-0.15, -0.1) is 11.3 Å². The minimum Gasteiger partial charge on any atom is -0.409 e. The van der Waals surface area contributed by atoms with Crippen LogP contribution in [0.4, 0.5) is 0 Å². The molecule has 0 bridgehead atoms. The van der Waals surface area contributed by atoms with Crippen LogP contribution in [0.1, 0.15) is 12.8 Å². The van der Waals surface area contributed by atoms with Crippen molar-refractivity contribution in [2.24, 2.45) is 10.9 Å². The Bertz CT molecular complexity index is 609. The summed E-state index contributed by atoms with van der Waals surface area (Å²) in [6, 6.07) is 3.23. The van der Waals surface area contributed by atoms with E-state index < -0.39 is 10.0 Å². The predicted molar refractivity (Wildman–Crippen MR) is 85.2 cm³/mol. The number of thiophene rings is 1. The largest absolute Gasteiger partial charge is 0.409 e. The summed E-state index contributed by atoms with van der Waals surface area (Å²) in [5.74, 6) is 0.164. The van der Waals surface area contributed by atoms with Crippen LogP contribution in [0.3, 0.4) is 0 Å². The average Bonchev–Trinajstić information content (AvgIpc) is 2.88. The molecule has 0 radical (unpaired) electrons. The molecule has 0 spiro atoms. The van der Waals surface area contributed by atoms with Crippen LogP contribution in [0.2, 0.25) is 0 Å². The highest BCUT2D eigenvalue weighted by molar-refractivity contribution is 9.11. The number of likely N-dealkylation sites (tertiary alicyclic amines) is 1. The molecule has 0 saturated carbocycles. The van der Waals surface area contributed by atoms with Crippen molar-refractivity contribution in [1.29, 1.82) is 0 Å². The number of hydrogen-bond acceptors (Lipinski definition) is 6. The Kier molecular flexibility index (Phi) is 5.60. The molecule has 118 valence electrons. The summed E-state index contributed by atoms with van der Waals surface area (Å²) in [5.41, 5.74) is 5.46. The summed E-state index contributed by atoms with van der Waals surface area (Å²) in [6.07, 6.45) is 1.40. The van der Waals surface area contributed by atoms with Gasteiger partial charge in [-0.2, -0.15) is 0 Å². The highest BCUT2D eigenvalue weighted by atomic mass is 79.9. The fourth-order valence-electron chi connectivity index (χ4n) is 2.19. The number of hydrogen-bond donors (Lipinski definition) is 3. The molecular formula is C11H17BrN4O3S2. The van der Waals surface area contributed by atoms with Crippen LogP contribution in [0.25, 0.3) is 0 Å². The molecule has 1 saturated heterocycles. The average molecular weight is 397 g/mol. The molecule has 1 aliphatic heterocycles. The van der Waals surface area contributed by atoms with Crippen molar-refractivity contribution >= 4 is 43.1 Å². The van der Waals surface area contributed by atoms with Crippen LogP contribution in [-0.2, 0) is 10.0 Å². The van der Waals surface area contributed by atoms with Gasteiger partial charge in [-0.1, -0.05) is 5.16 Å². The van der Waals surface area contributed by atoms with Crippen molar-refractivity contribution in [3.05, 3.63) is 15.9 Å². The second-order valence-electron chi connectivity index (χ2n) is 4.82. The van der Waals surface area contributed by atoms with Crippen molar-refractivity contribution < 1.29 is 13.6 Å². The fraction of sp³-hybridized carbons (Fsp3) is 0.545. The Morgan fingerprint density at radius 1 is 1.52 bits per heavy atom. The van der Waals surface area contributed by atoms with Crippen LogP contribution in [0.5, 0.6) is 0 Å². The normalized spacial score (nSPS) is 19.0. The van der Waals surface area contributed by atoms with Gasteiger partial charge < -0.3 is 10.9 Å². The monoisotopic (exact) mass is 396 g/mol. The number of rotatable bonds is 5. The number of nitrogens with zero attached hydrogens (tertiary/aromatic N) is 2. The molecule has 0 atom stereocenters. The van der Waals surface area contributed by atoms with Gasteiger partial charge in [-0.05, 0) is 40.9 Å². The van der Waals surface area contributed by atoms with E-state index in [1.165, 1.54) is 11.3 Å². The maximum atomic E-state index is 12.2. The standard InChI is InChI=1S/C11H17BrN4O3S2/c12-9-1-2-11(20-9)21(18,19)15-8-3-5-16(6-4-8)7-10(13)14-17/h1-2,8,15,17H,3-7H2,(H2,13,14). The lowest BCUT2D eigenvalue weighted by atomic mass is 10.1. The summed E-state index contributed by atoms with van der Waals surface area (Å²) >= 11 is 4.45. The number of piperidine rings is 1. The second-order valence-corrected chi connectivity index (χ2v) is 9.23. The first-order valence-electron chi connectivity index (χ1n) is 6.37. The molecular weight excluding hydrogens is 380 g/mol. The van der Waals surface area contributed by atoms with Gasteiger partial charge in [-0.3, -0.25) is 4.90 Å². The van der Waals surface area contributed by atoms with E-state index in [0.717, 1.165) is 3.79 Å². The number of amidine groups is 1. The third-order valence-electron chi connectivity index (χ3n) is 3.24. The molecule has 2 rings (SSSR count). The van der Waals surface area contributed by atoms with Crippen LogP contribution in [-0.4, -0.2) is 50.0 Å². The molecule has 1 fully saturated rings. The van der Waals surface area contributed by atoms with Crippen LogP contribution < -0.4 is 10.5 Å². The van der Waals surface area contributed by atoms with E-state index in [0.29, 0.717) is 36.7 Å². The smallest absolute Gasteiger partial charge is 0.250 e. The number of sulfonamides is 1. The van der Waals surface area contributed by atoms with Gasteiger partial charge in [0.15, 0.2) is 5.84 Å². The van der Waals surface area contributed by atoms with Gasteiger partial charge in [0, 0.05) is 19.1 Å². The Morgan fingerprint density at radius 2 is 2.19 bits per heavy atom. The highest BCUT2D eigenvalue weighted by Crippen LogP contribution is 2.26. The molecule has 0 aromatic carbocycles. The summed E-state index contributed by atoms with van der Waals surface area (Å²) in [5, 5.41) is 11.5. The van der Waals surface area contributed by atoms with E-state index in [9.17, 15) is 8.42 Å². The molecule has 7 nitrogen and oxygen atoms in total. The van der Waals surface area contributed by atoms with Gasteiger partial charge in [0.25, 0.3) is 0 Å². The molecule has 10 heteroatoms. The van der Waals surface area contributed by atoms with Gasteiger partial charge in [-0.25, -0.2) is 13.1 Å². The topological polar surface area (TPSA) is 108 Å². The van der Waals surface area contributed by atoms with E-state index in [4.69, 9.17) is 10.9 Å². The maximum absolute atomic E-state index is 12.2. The molecule has 21 heavy (non-hydrogen) atoms. The summed E-state index contributed by atoms with van der Waals surface area (Å²) in [7, 11) is -3.45. The van der Waals surface area contributed by atoms with Crippen molar-refractivity contribution in [3.63, 3.8) is 0 Å². The second kappa shape index (κ2) is 7.05. The van der Waals surface area contributed by atoms with E-state index in [1.54, 1.807) is 12.1 Å². The minimum absolute atomic E-state index is 0.0839. The van der Waals surface area contributed by atoms with Crippen LogP contribution >= 0.6 is 27.3 Å². The van der Waals surface area contributed by atoms with Gasteiger partial charge in [0.1, 0.15) is 4.21 Å². The van der Waals surface area contributed by atoms with Gasteiger partial charge in [0.05, 0.1) is 10.3 Å². The Morgan fingerprint density at radius 3 is 2.71 bits per heavy atom. The molecule has 0 aliphatic carbocycles. The molecule has 2 heterocycles. The summed E-state index contributed by atoms with van der Waals surface area (Å²) in [6.45, 7) is 1.81. The molecule has 1 aromatic rings.